The summed E-state index contributed by atoms with van der Waals surface area (Å²) >= 11 is 0. The van der Waals surface area contributed by atoms with Gasteiger partial charge in [-0.2, -0.15) is 0 Å². The summed E-state index contributed by atoms with van der Waals surface area (Å²) in [6.45, 7) is 6.05. The van der Waals surface area contributed by atoms with Crippen LogP contribution in [0.25, 0.3) is 0 Å². The zero-order valence-electron chi connectivity index (χ0n) is 20.3. The van der Waals surface area contributed by atoms with Crippen molar-refractivity contribution in [3.63, 3.8) is 0 Å². The molecule has 35 heavy (non-hydrogen) atoms. The first kappa shape index (κ1) is 24.5. The maximum atomic E-state index is 13.2. The average molecular weight is 480 g/mol. The molecule has 2 saturated heterocycles. The van der Waals surface area contributed by atoms with E-state index in [-0.39, 0.29) is 30.7 Å². The Morgan fingerprint density at radius 3 is 2.43 bits per heavy atom. The number of piperazine rings is 2. The number of methoxy groups -OCH3 is 1. The summed E-state index contributed by atoms with van der Waals surface area (Å²) in [5, 5.41) is 5.66. The van der Waals surface area contributed by atoms with E-state index in [2.05, 4.69) is 20.4 Å². The van der Waals surface area contributed by atoms with Crippen LogP contribution in [0.3, 0.4) is 0 Å². The van der Waals surface area contributed by atoms with Crippen LogP contribution in [0, 0.1) is 6.92 Å². The molecule has 2 fully saturated rings. The third-order valence-electron chi connectivity index (χ3n) is 6.62. The van der Waals surface area contributed by atoms with Gasteiger partial charge in [-0.3, -0.25) is 19.3 Å². The highest BCUT2D eigenvalue weighted by molar-refractivity contribution is 5.98. The fourth-order valence-corrected chi connectivity index (χ4v) is 4.55. The minimum absolute atomic E-state index is 0.0723. The van der Waals surface area contributed by atoms with Crippen molar-refractivity contribution in [2.75, 3.05) is 63.1 Å². The molecule has 0 spiro atoms. The predicted molar refractivity (Wildman–Crippen MR) is 135 cm³/mol. The van der Waals surface area contributed by atoms with Crippen molar-refractivity contribution in [3.8, 4) is 5.75 Å². The van der Waals surface area contributed by atoms with E-state index in [0.717, 1.165) is 43.2 Å². The Hall–Kier alpha value is -3.59. The monoisotopic (exact) mass is 479 g/mol. The van der Waals surface area contributed by atoms with Gasteiger partial charge in [-0.25, -0.2) is 0 Å². The minimum Gasteiger partial charge on any atom is -0.497 e. The topological polar surface area (TPSA) is 94.2 Å². The van der Waals surface area contributed by atoms with Crippen LogP contribution < -0.4 is 20.3 Å². The highest BCUT2D eigenvalue weighted by Gasteiger charge is 2.35. The third-order valence-corrected chi connectivity index (χ3v) is 6.62. The molecule has 2 aromatic carbocycles. The number of ether oxygens (including phenoxy) is 1. The fourth-order valence-electron chi connectivity index (χ4n) is 4.55. The summed E-state index contributed by atoms with van der Waals surface area (Å²) in [4.78, 5) is 44.4. The van der Waals surface area contributed by atoms with Gasteiger partial charge in [-0.05, 0) is 42.8 Å². The molecule has 0 unspecified atom stereocenters. The number of anilines is 2. The number of hydrogen-bond donors (Lipinski definition) is 2. The Bertz CT molecular complexity index is 1050. The summed E-state index contributed by atoms with van der Waals surface area (Å²) in [7, 11) is 1.65. The van der Waals surface area contributed by atoms with Gasteiger partial charge in [0, 0.05) is 50.6 Å². The molecule has 0 aliphatic carbocycles. The first-order valence-corrected chi connectivity index (χ1v) is 12.0. The molecule has 9 heteroatoms. The molecule has 0 radical (unpaired) electrons. The standard InChI is InChI=1S/C26H33N5O4/c1-19-5-3-4-6-22(19)28-24(32)17-23-26(34)27-11-12-31(23)25(33)18-29-13-15-30(16-14-29)20-7-9-21(35-2)10-8-20/h3-10,23H,11-18H2,1-2H3,(H,27,34)(H,28,32)/t23-/m1/s1. The highest BCUT2D eigenvalue weighted by atomic mass is 16.5. The van der Waals surface area contributed by atoms with Gasteiger partial charge in [-0.1, -0.05) is 18.2 Å². The number of amides is 3. The molecule has 9 nitrogen and oxygen atoms in total. The summed E-state index contributed by atoms with van der Waals surface area (Å²) in [6, 6.07) is 14.6. The van der Waals surface area contributed by atoms with Crippen molar-refractivity contribution in [3.05, 3.63) is 54.1 Å². The van der Waals surface area contributed by atoms with E-state index in [1.807, 2.05) is 55.5 Å². The molecule has 186 valence electrons. The molecule has 2 aliphatic heterocycles. The molecular weight excluding hydrogens is 446 g/mol. The third kappa shape index (κ3) is 6.10. The number of hydrogen-bond acceptors (Lipinski definition) is 6. The fraction of sp³-hybridized carbons (Fsp3) is 0.423. The van der Waals surface area contributed by atoms with E-state index in [4.69, 9.17) is 4.74 Å². The summed E-state index contributed by atoms with van der Waals surface area (Å²) in [6.07, 6.45) is -0.0723. The lowest BCUT2D eigenvalue weighted by Crippen LogP contribution is -2.60. The normalized spacial score (nSPS) is 18.7. The lowest BCUT2D eigenvalue weighted by Gasteiger charge is -2.39. The largest absolute Gasteiger partial charge is 0.497 e. The summed E-state index contributed by atoms with van der Waals surface area (Å²) < 4.78 is 5.23. The smallest absolute Gasteiger partial charge is 0.243 e. The van der Waals surface area contributed by atoms with Crippen molar-refractivity contribution in [1.82, 2.24) is 15.1 Å². The van der Waals surface area contributed by atoms with Crippen LogP contribution in [-0.2, 0) is 14.4 Å². The van der Waals surface area contributed by atoms with Crippen LogP contribution >= 0.6 is 0 Å². The molecule has 4 rings (SSSR count). The molecule has 2 aliphatic rings. The van der Waals surface area contributed by atoms with Gasteiger partial charge in [0.1, 0.15) is 11.8 Å². The quantitative estimate of drug-likeness (QED) is 0.625. The van der Waals surface area contributed by atoms with Crippen molar-refractivity contribution in [2.45, 2.75) is 19.4 Å². The van der Waals surface area contributed by atoms with Gasteiger partial charge in [0.2, 0.25) is 17.7 Å². The highest BCUT2D eigenvalue weighted by Crippen LogP contribution is 2.21. The maximum absolute atomic E-state index is 13.2. The van der Waals surface area contributed by atoms with Crippen molar-refractivity contribution in [2.24, 2.45) is 0 Å². The molecular formula is C26H33N5O4. The first-order chi connectivity index (χ1) is 16.9. The Balaban J connectivity index is 1.32. The molecule has 0 bridgehead atoms. The lowest BCUT2D eigenvalue weighted by atomic mass is 10.1. The zero-order valence-corrected chi connectivity index (χ0v) is 20.3. The van der Waals surface area contributed by atoms with Crippen molar-refractivity contribution in [1.29, 1.82) is 0 Å². The molecule has 0 aromatic heterocycles. The van der Waals surface area contributed by atoms with Crippen molar-refractivity contribution >= 4 is 29.1 Å². The Morgan fingerprint density at radius 2 is 1.74 bits per heavy atom. The van der Waals surface area contributed by atoms with Crippen LogP contribution in [0.15, 0.2) is 48.5 Å². The Labute approximate surface area is 206 Å². The molecule has 2 aromatic rings. The second-order valence-corrected chi connectivity index (χ2v) is 8.92. The second kappa shape index (κ2) is 11.2. The second-order valence-electron chi connectivity index (χ2n) is 8.92. The number of benzene rings is 2. The van der Waals surface area contributed by atoms with Gasteiger partial charge in [0.25, 0.3) is 0 Å². The Morgan fingerprint density at radius 1 is 1.03 bits per heavy atom. The number of aryl methyl sites for hydroxylation is 1. The number of carbonyl (C=O) groups excluding carboxylic acids is 3. The molecule has 0 saturated carbocycles. The SMILES string of the molecule is COc1ccc(N2CCN(CC(=O)N3CCNC(=O)[C@H]3CC(=O)Nc3ccccc3C)CC2)cc1. The summed E-state index contributed by atoms with van der Waals surface area (Å²) in [5.41, 5.74) is 2.78. The number of para-hydroxylation sites is 1. The van der Waals surface area contributed by atoms with Crippen molar-refractivity contribution < 1.29 is 19.1 Å². The van der Waals surface area contributed by atoms with Crippen LogP contribution in [0.5, 0.6) is 5.75 Å². The van der Waals surface area contributed by atoms with E-state index < -0.39 is 6.04 Å². The first-order valence-electron chi connectivity index (χ1n) is 12.0. The van der Waals surface area contributed by atoms with Gasteiger partial charge in [0.05, 0.1) is 20.1 Å². The lowest BCUT2D eigenvalue weighted by molar-refractivity contribution is -0.145. The molecule has 3 amide bonds. The predicted octanol–water partition coefficient (Wildman–Crippen LogP) is 1.48. The maximum Gasteiger partial charge on any atom is 0.243 e. The Kier molecular flexibility index (Phi) is 7.87. The number of nitrogens with one attached hydrogen (secondary N) is 2. The summed E-state index contributed by atoms with van der Waals surface area (Å²) in [5.74, 6) is 0.137. The zero-order chi connectivity index (χ0) is 24.8. The van der Waals surface area contributed by atoms with Crippen LogP contribution in [0.4, 0.5) is 11.4 Å². The molecule has 1 atom stereocenters. The van der Waals surface area contributed by atoms with Crippen LogP contribution in [0.2, 0.25) is 0 Å². The molecule has 2 heterocycles. The number of rotatable bonds is 7. The van der Waals surface area contributed by atoms with Crippen LogP contribution in [0.1, 0.15) is 12.0 Å². The van der Waals surface area contributed by atoms with E-state index in [0.29, 0.717) is 18.8 Å². The van der Waals surface area contributed by atoms with Gasteiger partial charge >= 0.3 is 0 Å². The van der Waals surface area contributed by atoms with Gasteiger partial charge < -0.3 is 25.2 Å². The van der Waals surface area contributed by atoms with E-state index in [1.54, 1.807) is 12.0 Å². The number of nitrogens with zero attached hydrogens (tertiary/aromatic N) is 3. The minimum atomic E-state index is -0.805. The van der Waals surface area contributed by atoms with E-state index in [9.17, 15) is 14.4 Å². The molecule has 2 N–H and O–H groups in total. The van der Waals surface area contributed by atoms with Gasteiger partial charge in [-0.15, -0.1) is 0 Å². The van der Waals surface area contributed by atoms with E-state index >= 15 is 0 Å². The van der Waals surface area contributed by atoms with Crippen LogP contribution in [-0.4, -0.2) is 86.5 Å². The number of carbonyl (C=O) groups is 3. The average Bonchev–Trinajstić information content (AvgIpc) is 2.87. The van der Waals surface area contributed by atoms with Gasteiger partial charge in [0.15, 0.2) is 0 Å². The van der Waals surface area contributed by atoms with E-state index in [1.165, 1.54) is 0 Å².